The Morgan fingerprint density at radius 3 is 0.969 bits per heavy atom. The zero-order valence-corrected chi connectivity index (χ0v) is 27.3. The SMILES string of the molecule is CCOC(OCC)[SiH2]CC[SiH2]C(OCC)OCC.CO[Si](C)(CC[Si](C)(OC)OC)OC. The van der Waals surface area contributed by atoms with Gasteiger partial charge in [-0.3, -0.25) is 0 Å². The Morgan fingerprint density at radius 2 is 0.781 bits per heavy atom. The second-order valence-electron chi connectivity index (χ2n) is 7.55. The quantitative estimate of drug-likeness (QED) is 0.135. The van der Waals surface area contributed by atoms with Gasteiger partial charge in [0.1, 0.15) is 11.8 Å². The summed E-state index contributed by atoms with van der Waals surface area (Å²) in [5.74, 6) is 0.207. The van der Waals surface area contributed by atoms with E-state index in [1.165, 1.54) is 12.1 Å². The molecule has 0 radical (unpaired) electrons. The molecule has 12 heteroatoms. The summed E-state index contributed by atoms with van der Waals surface area (Å²) in [7, 11) is 2.30. The molecule has 0 bridgehead atoms. The molecular weight excluding hydrogens is 481 g/mol. The molecule has 8 nitrogen and oxygen atoms in total. The van der Waals surface area contributed by atoms with Crippen molar-refractivity contribution in [1.82, 2.24) is 0 Å². The molecule has 0 heterocycles. The third-order valence-corrected chi connectivity index (χ3v) is 16.3. The lowest BCUT2D eigenvalue weighted by atomic mass is 10.8. The van der Waals surface area contributed by atoms with Gasteiger partial charge in [0.15, 0.2) is 0 Å². The van der Waals surface area contributed by atoms with Gasteiger partial charge < -0.3 is 36.7 Å². The van der Waals surface area contributed by atoms with Crippen LogP contribution in [0.3, 0.4) is 0 Å². The summed E-state index contributed by atoms with van der Waals surface area (Å²) in [6.45, 7) is 15.2. The molecule has 0 saturated heterocycles. The first-order valence-corrected chi connectivity index (χ1v) is 20.6. The maximum absolute atomic E-state index is 5.58. The highest BCUT2D eigenvalue weighted by molar-refractivity contribution is 6.71. The van der Waals surface area contributed by atoms with Crippen LogP contribution < -0.4 is 0 Å². The summed E-state index contributed by atoms with van der Waals surface area (Å²) in [6, 6.07) is 4.36. The lowest BCUT2D eigenvalue weighted by Gasteiger charge is -2.28. The average molecular weight is 533 g/mol. The topological polar surface area (TPSA) is 73.8 Å². The van der Waals surface area contributed by atoms with Crippen molar-refractivity contribution in [3.8, 4) is 0 Å². The minimum Gasteiger partial charge on any atom is -0.398 e. The van der Waals surface area contributed by atoms with E-state index >= 15 is 0 Å². The molecule has 0 aromatic carbocycles. The summed E-state index contributed by atoms with van der Waals surface area (Å²) in [5, 5.41) is 0. The zero-order valence-electron chi connectivity index (χ0n) is 22.5. The summed E-state index contributed by atoms with van der Waals surface area (Å²) >= 11 is 0. The fourth-order valence-corrected chi connectivity index (χ4v) is 12.2. The van der Waals surface area contributed by atoms with Crippen molar-refractivity contribution >= 4 is 36.2 Å². The Morgan fingerprint density at radius 1 is 0.531 bits per heavy atom. The van der Waals surface area contributed by atoms with Crippen molar-refractivity contribution in [2.45, 2.75) is 76.8 Å². The van der Waals surface area contributed by atoms with Crippen molar-refractivity contribution in [3.05, 3.63) is 0 Å². The Hall–Kier alpha value is 0.548. The standard InChI is InChI=1S/C12H30O4Si2.C8H22O4Si2/c1-5-13-11(14-6-2)17-9-10-18-12(15-7-3)16-8-4;1-9-13(5,10-2)7-8-14(6,11-3)12-4/h11-12H,5-10,17-18H2,1-4H3;7-8H2,1-6H3. The van der Waals surface area contributed by atoms with Gasteiger partial charge >= 0.3 is 17.1 Å². The molecule has 0 saturated carbocycles. The van der Waals surface area contributed by atoms with E-state index in [-0.39, 0.29) is 30.9 Å². The molecule has 0 fully saturated rings. The molecule has 196 valence electrons. The van der Waals surface area contributed by atoms with Crippen LogP contribution in [0.4, 0.5) is 0 Å². The monoisotopic (exact) mass is 532 g/mol. The van der Waals surface area contributed by atoms with E-state index in [0.717, 1.165) is 38.5 Å². The first-order chi connectivity index (χ1) is 15.2. The Balaban J connectivity index is 0. The van der Waals surface area contributed by atoms with E-state index in [1.54, 1.807) is 28.4 Å². The van der Waals surface area contributed by atoms with E-state index < -0.39 is 17.1 Å². The second-order valence-corrected chi connectivity index (χ2v) is 18.6. The molecule has 0 aliphatic carbocycles. The highest BCUT2D eigenvalue weighted by Gasteiger charge is 2.36. The minimum atomic E-state index is -1.96. The molecular formula is C20H52O8Si4. The molecule has 0 rings (SSSR count). The first kappa shape index (κ1) is 34.7. The summed E-state index contributed by atoms with van der Waals surface area (Å²) in [4.78, 5) is 0. The van der Waals surface area contributed by atoms with Crippen LogP contribution in [0.5, 0.6) is 0 Å². The van der Waals surface area contributed by atoms with Crippen LogP contribution in [0.15, 0.2) is 0 Å². The maximum Gasteiger partial charge on any atom is 0.334 e. The third-order valence-electron chi connectivity index (χ3n) is 5.30. The minimum absolute atomic E-state index is 0.103. The number of ether oxygens (including phenoxy) is 4. The van der Waals surface area contributed by atoms with Crippen molar-refractivity contribution in [2.24, 2.45) is 0 Å². The van der Waals surface area contributed by atoms with Gasteiger partial charge in [0.25, 0.3) is 0 Å². The predicted octanol–water partition coefficient (Wildman–Crippen LogP) is 2.59. The van der Waals surface area contributed by atoms with Gasteiger partial charge in [-0.25, -0.2) is 0 Å². The van der Waals surface area contributed by atoms with Crippen LogP contribution in [0.2, 0.25) is 37.3 Å². The van der Waals surface area contributed by atoms with Crippen LogP contribution in [0.1, 0.15) is 27.7 Å². The van der Waals surface area contributed by atoms with E-state index in [0.29, 0.717) is 0 Å². The molecule has 0 aromatic heterocycles. The van der Waals surface area contributed by atoms with Crippen molar-refractivity contribution in [3.63, 3.8) is 0 Å². The number of hydrogen-bond donors (Lipinski definition) is 0. The highest BCUT2D eigenvalue weighted by atomic mass is 28.4. The van der Waals surface area contributed by atoms with E-state index in [9.17, 15) is 0 Å². The summed E-state index contributed by atoms with van der Waals surface area (Å²) in [6.07, 6.45) is 0. The van der Waals surface area contributed by atoms with Crippen LogP contribution >= 0.6 is 0 Å². The summed E-state index contributed by atoms with van der Waals surface area (Å²) in [5.41, 5.74) is 0. The lowest BCUT2D eigenvalue weighted by molar-refractivity contribution is -0.0838. The zero-order chi connectivity index (χ0) is 24.9. The molecule has 0 aromatic rings. The van der Waals surface area contributed by atoms with Gasteiger partial charge in [0, 0.05) is 54.9 Å². The smallest absolute Gasteiger partial charge is 0.334 e. The predicted molar refractivity (Wildman–Crippen MR) is 142 cm³/mol. The number of rotatable bonds is 20. The molecule has 0 atom stereocenters. The Bertz CT molecular complexity index is 354. The average Bonchev–Trinajstić information content (AvgIpc) is 2.81. The summed E-state index contributed by atoms with van der Waals surface area (Å²) < 4.78 is 43.9. The van der Waals surface area contributed by atoms with Gasteiger partial charge in [-0.15, -0.1) is 0 Å². The van der Waals surface area contributed by atoms with Gasteiger partial charge in [0.2, 0.25) is 0 Å². The fraction of sp³-hybridized carbons (Fsp3) is 1.00. The lowest BCUT2D eigenvalue weighted by Crippen LogP contribution is -2.42. The van der Waals surface area contributed by atoms with Gasteiger partial charge in [-0.1, -0.05) is 12.1 Å². The Labute approximate surface area is 204 Å². The second kappa shape index (κ2) is 22.0. The maximum atomic E-state index is 5.58. The Kier molecular flexibility index (Phi) is 23.9. The molecule has 0 amide bonds. The normalized spacial score (nSPS) is 13.1. The van der Waals surface area contributed by atoms with E-state index in [4.69, 9.17) is 36.7 Å². The fourth-order valence-electron chi connectivity index (χ4n) is 2.82. The van der Waals surface area contributed by atoms with Gasteiger partial charge in [-0.05, 0) is 52.9 Å². The largest absolute Gasteiger partial charge is 0.398 e. The van der Waals surface area contributed by atoms with Crippen LogP contribution in [0, 0.1) is 0 Å². The molecule has 0 unspecified atom stereocenters. The van der Waals surface area contributed by atoms with Gasteiger partial charge in [0.05, 0.1) is 19.0 Å². The molecule has 32 heavy (non-hydrogen) atoms. The third kappa shape index (κ3) is 17.9. The van der Waals surface area contributed by atoms with Crippen molar-refractivity contribution in [2.75, 3.05) is 54.9 Å². The van der Waals surface area contributed by atoms with Crippen LogP contribution in [-0.4, -0.2) is 103 Å². The number of hydrogen-bond acceptors (Lipinski definition) is 8. The van der Waals surface area contributed by atoms with E-state index in [1.807, 2.05) is 40.8 Å². The van der Waals surface area contributed by atoms with Gasteiger partial charge in [-0.2, -0.15) is 0 Å². The molecule has 0 aliphatic heterocycles. The first-order valence-electron chi connectivity index (χ1n) is 11.9. The van der Waals surface area contributed by atoms with Crippen molar-refractivity contribution in [1.29, 1.82) is 0 Å². The van der Waals surface area contributed by atoms with Crippen LogP contribution in [0.25, 0.3) is 0 Å². The van der Waals surface area contributed by atoms with Crippen LogP contribution in [-0.2, 0) is 36.7 Å². The molecule has 0 spiro atoms. The van der Waals surface area contributed by atoms with Crippen molar-refractivity contribution < 1.29 is 36.7 Å². The molecule has 0 aliphatic rings. The van der Waals surface area contributed by atoms with E-state index in [2.05, 4.69) is 0 Å². The highest BCUT2D eigenvalue weighted by Crippen LogP contribution is 2.21. The molecule has 0 N–H and O–H groups in total.